The number of nitrogens with zero attached hydrogens (tertiary/aromatic N) is 1. The van der Waals surface area contributed by atoms with Gasteiger partial charge in [0.1, 0.15) is 6.29 Å². The lowest BCUT2D eigenvalue weighted by Crippen LogP contribution is -2.19. The zero-order valence-electron chi connectivity index (χ0n) is 10.1. The van der Waals surface area contributed by atoms with Gasteiger partial charge in [0.05, 0.1) is 6.61 Å². The van der Waals surface area contributed by atoms with E-state index in [0.29, 0.717) is 6.61 Å². The van der Waals surface area contributed by atoms with Crippen LogP contribution in [-0.4, -0.2) is 36.3 Å². The summed E-state index contributed by atoms with van der Waals surface area (Å²) in [6.45, 7) is 5.23. The molecule has 0 fully saturated rings. The van der Waals surface area contributed by atoms with Crippen molar-refractivity contribution in [3.63, 3.8) is 0 Å². The van der Waals surface area contributed by atoms with Crippen molar-refractivity contribution in [1.82, 2.24) is 4.90 Å². The van der Waals surface area contributed by atoms with Crippen LogP contribution in [0.25, 0.3) is 0 Å². The molecule has 0 heterocycles. The summed E-state index contributed by atoms with van der Waals surface area (Å²) < 4.78 is 16.5. The number of unbranched alkanes of at least 4 members (excludes halogenated alkanes) is 3. The SMILES string of the molecule is CCCCCCOP(=O)(O)CN(C)CC. The number of hydrogen-bond donors (Lipinski definition) is 1. The van der Waals surface area contributed by atoms with E-state index in [1.807, 2.05) is 14.0 Å². The van der Waals surface area contributed by atoms with Gasteiger partial charge in [-0.25, -0.2) is 0 Å². The van der Waals surface area contributed by atoms with E-state index < -0.39 is 7.60 Å². The maximum atomic E-state index is 11.5. The second-order valence-corrected chi connectivity index (χ2v) is 5.66. The first-order valence-electron chi connectivity index (χ1n) is 5.66. The lowest BCUT2D eigenvalue weighted by Gasteiger charge is -2.18. The van der Waals surface area contributed by atoms with E-state index in [2.05, 4.69) is 6.92 Å². The quantitative estimate of drug-likeness (QED) is 0.495. The average Bonchev–Trinajstić information content (AvgIpc) is 2.16. The van der Waals surface area contributed by atoms with E-state index >= 15 is 0 Å². The second kappa shape index (κ2) is 8.28. The van der Waals surface area contributed by atoms with Crippen LogP contribution in [0.1, 0.15) is 39.5 Å². The lowest BCUT2D eigenvalue weighted by atomic mass is 10.2. The number of rotatable bonds is 9. The van der Waals surface area contributed by atoms with E-state index in [0.717, 1.165) is 32.2 Å². The Morgan fingerprint density at radius 1 is 1.27 bits per heavy atom. The topological polar surface area (TPSA) is 49.8 Å². The monoisotopic (exact) mass is 237 g/mol. The molecule has 0 aromatic rings. The first-order chi connectivity index (χ1) is 7.02. The van der Waals surface area contributed by atoms with Crippen LogP contribution in [0, 0.1) is 0 Å². The van der Waals surface area contributed by atoms with Gasteiger partial charge in [-0.1, -0.05) is 33.1 Å². The van der Waals surface area contributed by atoms with Gasteiger partial charge in [0.15, 0.2) is 0 Å². The van der Waals surface area contributed by atoms with Crippen molar-refractivity contribution in [2.24, 2.45) is 0 Å². The van der Waals surface area contributed by atoms with Crippen molar-refractivity contribution < 1.29 is 14.0 Å². The highest BCUT2D eigenvalue weighted by Gasteiger charge is 2.20. The van der Waals surface area contributed by atoms with Crippen LogP contribution in [0.3, 0.4) is 0 Å². The molecule has 5 heteroatoms. The smallest absolute Gasteiger partial charge is 0.323 e. The van der Waals surface area contributed by atoms with Crippen LogP contribution in [0.15, 0.2) is 0 Å². The minimum absolute atomic E-state index is 0.122. The third kappa shape index (κ3) is 9.06. The van der Waals surface area contributed by atoms with Crippen LogP contribution in [0.2, 0.25) is 0 Å². The molecule has 0 rings (SSSR count). The second-order valence-electron chi connectivity index (χ2n) is 3.85. The summed E-state index contributed by atoms with van der Waals surface area (Å²) in [5, 5.41) is 0. The molecule has 0 spiro atoms. The normalized spacial score (nSPS) is 15.5. The predicted octanol–water partition coefficient (Wildman–Crippen LogP) is 2.68. The van der Waals surface area contributed by atoms with Gasteiger partial charge in [0, 0.05) is 0 Å². The van der Waals surface area contributed by atoms with Gasteiger partial charge in [-0.15, -0.1) is 0 Å². The summed E-state index contributed by atoms with van der Waals surface area (Å²) in [7, 11) is -1.58. The van der Waals surface area contributed by atoms with Crippen molar-refractivity contribution >= 4 is 7.60 Å². The minimum atomic E-state index is -3.39. The highest BCUT2D eigenvalue weighted by molar-refractivity contribution is 7.52. The molecule has 1 N–H and O–H groups in total. The maximum absolute atomic E-state index is 11.5. The molecule has 0 bridgehead atoms. The molecule has 1 atom stereocenters. The Hall–Kier alpha value is 0.110. The molecule has 4 nitrogen and oxygen atoms in total. The highest BCUT2D eigenvalue weighted by Crippen LogP contribution is 2.42. The summed E-state index contributed by atoms with van der Waals surface area (Å²) in [5.74, 6) is 0. The summed E-state index contributed by atoms with van der Waals surface area (Å²) >= 11 is 0. The molecule has 0 saturated heterocycles. The van der Waals surface area contributed by atoms with E-state index in [1.54, 1.807) is 4.90 Å². The van der Waals surface area contributed by atoms with E-state index in [1.165, 1.54) is 0 Å². The van der Waals surface area contributed by atoms with Gasteiger partial charge in [0.25, 0.3) is 0 Å². The third-order valence-electron chi connectivity index (χ3n) is 2.25. The van der Waals surface area contributed by atoms with Crippen LogP contribution in [-0.2, 0) is 9.09 Å². The van der Waals surface area contributed by atoms with Crippen molar-refractivity contribution in [2.45, 2.75) is 39.5 Å². The van der Waals surface area contributed by atoms with Gasteiger partial charge in [-0.2, -0.15) is 0 Å². The van der Waals surface area contributed by atoms with Crippen molar-refractivity contribution in [1.29, 1.82) is 0 Å². The molecular weight excluding hydrogens is 213 g/mol. The van der Waals surface area contributed by atoms with Crippen molar-refractivity contribution in [2.75, 3.05) is 26.5 Å². The van der Waals surface area contributed by atoms with Gasteiger partial charge >= 0.3 is 7.60 Å². The van der Waals surface area contributed by atoms with Crippen LogP contribution in [0.5, 0.6) is 0 Å². The fraction of sp³-hybridized carbons (Fsp3) is 1.00. The molecule has 0 radical (unpaired) electrons. The Labute approximate surface area is 93.2 Å². The van der Waals surface area contributed by atoms with Gasteiger partial charge in [-0.05, 0) is 20.0 Å². The molecule has 1 unspecified atom stereocenters. The molecule has 15 heavy (non-hydrogen) atoms. The Bertz CT molecular complexity index is 199. The van der Waals surface area contributed by atoms with Crippen LogP contribution in [0.4, 0.5) is 0 Å². The Morgan fingerprint density at radius 3 is 2.47 bits per heavy atom. The van der Waals surface area contributed by atoms with Gasteiger partial charge in [-0.3, -0.25) is 9.46 Å². The Balaban J connectivity index is 3.60. The molecule has 0 amide bonds. The maximum Gasteiger partial charge on any atom is 0.341 e. The standard InChI is InChI=1S/C10H24NO3P/c1-4-6-7-8-9-14-15(12,13)10-11(3)5-2/h4-10H2,1-3H3,(H,12,13). The fourth-order valence-corrected chi connectivity index (χ4v) is 2.49. The molecule has 0 aliphatic carbocycles. The Kier molecular flexibility index (Phi) is 8.34. The average molecular weight is 237 g/mol. The van der Waals surface area contributed by atoms with Crippen molar-refractivity contribution in [3.8, 4) is 0 Å². The van der Waals surface area contributed by atoms with E-state index in [-0.39, 0.29) is 6.29 Å². The number of hydrogen-bond acceptors (Lipinski definition) is 3. The predicted molar refractivity (Wildman–Crippen MR) is 63.1 cm³/mol. The summed E-state index contributed by atoms with van der Waals surface area (Å²) in [5.41, 5.74) is 0. The van der Waals surface area contributed by atoms with E-state index in [9.17, 15) is 9.46 Å². The first-order valence-corrected chi connectivity index (χ1v) is 7.43. The molecule has 0 saturated carbocycles. The lowest BCUT2D eigenvalue weighted by molar-refractivity contribution is 0.235. The molecule has 0 aromatic carbocycles. The summed E-state index contributed by atoms with van der Waals surface area (Å²) in [6.07, 6.45) is 4.38. The van der Waals surface area contributed by atoms with Crippen LogP contribution < -0.4 is 0 Å². The summed E-state index contributed by atoms with van der Waals surface area (Å²) in [4.78, 5) is 11.2. The zero-order chi connectivity index (χ0) is 11.7. The van der Waals surface area contributed by atoms with Crippen molar-refractivity contribution in [3.05, 3.63) is 0 Å². The van der Waals surface area contributed by atoms with Gasteiger partial charge in [0.2, 0.25) is 0 Å². The third-order valence-corrected chi connectivity index (χ3v) is 3.68. The minimum Gasteiger partial charge on any atom is -0.323 e. The first kappa shape index (κ1) is 15.1. The molecule has 0 aliphatic heterocycles. The fourth-order valence-electron chi connectivity index (χ4n) is 1.18. The summed E-state index contributed by atoms with van der Waals surface area (Å²) in [6, 6.07) is 0. The molecule has 0 aliphatic rings. The van der Waals surface area contributed by atoms with E-state index in [4.69, 9.17) is 4.52 Å². The zero-order valence-corrected chi connectivity index (χ0v) is 11.0. The molecule has 0 aromatic heterocycles. The Morgan fingerprint density at radius 2 is 1.93 bits per heavy atom. The van der Waals surface area contributed by atoms with Crippen LogP contribution >= 0.6 is 7.60 Å². The molecule has 92 valence electrons. The molecular formula is C10H24NO3P. The van der Waals surface area contributed by atoms with Gasteiger partial charge < -0.3 is 9.42 Å². The largest absolute Gasteiger partial charge is 0.341 e. The highest BCUT2D eigenvalue weighted by atomic mass is 31.2.